The number of nitrogens with zero attached hydrogens (tertiary/aromatic N) is 1. The molecule has 1 aromatic heterocycles. The van der Waals surface area contributed by atoms with Crippen molar-refractivity contribution in [1.29, 1.82) is 0 Å². The fourth-order valence-electron chi connectivity index (χ4n) is 1.95. The Morgan fingerprint density at radius 2 is 1.86 bits per heavy atom. The van der Waals surface area contributed by atoms with Gasteiger partial charge in [0.25, 0.3) is 0 Å². The van der Waals surface area contributed by atoms with Gasteiger partial charge in [0.05, 0.1) is 5.69 Å². The van der Waals surface area contributed by atoms with Gasteiger partial charge in [-0.15, -0.1) is 11.3 Å². The molecule has 0 fully saturated rings. The molecule has 1 heterocycles. The van der Waals surface area contributed by atoms with Crippen LogP contribution in [0.5, 0.6) is 5.75 Å². The van der Waals surface area contributed by atoms with Gasteiger partial charge in [-0.3, -0.25) is 0 Å². The number of rotatable bonds is 4. The minimum atomic E-state index is 0.470. The molecule has 0 unspecified atom stereocenters. The maximum atomic E-state index is 6.19. The molecule has 106 valence electrons. The van der Waals surface area contributed by atoms with Crippen LogP contribution in [0.4, 0.5) is 0 Å². The van der Waals surface area contributed by atoms with Crippen LogP contribution < -0.4 is 4.74 Å². The molecule has 2 aromatic carbocycles. The summed E-state index contributed by atoms with van der Waals surface area (Å²) in [6, 6.07) is 15.7. The second-order valence-corrected chi connectivity index (χ2v) is 6.06. The summed E-state index contributed by atoms with van der Waals surface area (Å²) in [6.45, 7) is 2.53. The molecule has 0 saturated heterocycles. The second-order valence-electron chi connectivity index (χ2n) is 4.71. The topological polar surface area (TPSA) is 22.1 Å². The van der Waals surface area contributed by atoms with Gasteiger partial charge in [0, 0.05) is 16.0 Å². The van der Waals surface area contributed by atoms with E-state index in [1.165, 1.54) is 5.56 Å². The number of ether oxygens (including phenoxy) is 1. The zero-order chi connectivity index (χ0) is 14.7. The van der Waals surface area contributed by atoms with Crippen LogP contribution in [0.15, 0.2) is 53.9 Å². The Kier molecular flexibility index (Phi) is 4.23. The third-order valence-corrected chi connectivity index (χ3v) is 4.24. The lowest BCUT2D eigenvalue weighted by atomic mass is 10.2. The first-order valence-corrected chi connectivity index (χ1v) is 7.87. The Labute approximate surface area is 133 Å². The molecule has 0 aliphatic heterocycles. The Morgan fingerprint density at radius 1 is 1.10 bits per heavy atom. The molecule has 0 aliphatic rings. The number of aryl methyl sites for hydroxylation is 1. The van der Waals surface area contributed by atoms with Crippen LogP contribution in [0.3, 0.4) is 0 Å². The minimum absolute atomic E-state index is 0.470. The van der Waals surface area contributed by atoms with Gasteiger partial charge in [0.2, 0.25) is 0 Å². The van der Waals surface area contributed by atoms with Gasteiger partial charge < -0.3 is 4.74 Å². The van der Waals surface area contributed by atoms with E-state index in [0.29, 0.717) is 11.6 Å². The summed E-state index contributed by atoms with van der Waals surface area (Å²) in [5, 5.41) is 3.66. The lowest BCUT2D eigenvalue weighted by Gasteiger charge is -2.04. The molecular formula is C17H14ClNOS. The lowest BCUT2D eigenvalue weighted by Crippen LogP contribution is -1.94. The molecule has 0 amide bonds. The molecule has 21 heavy (non-hydrogen) atoms. The molecule has 0 aliphatic carbocycles. The first-order valence-electron chi connectivity index (χ1n) is 6.61. The highest BCUT2D eigenvalue weighted by Gasteiger charge is 2.08. The van der Waals surface area contributed by atoms with Crippen molar-refractivity contribution in [2.45, 2.75) is 13.5 Å². The van der Waals surface area contributed by atoms with Crippen LogP contribution in [-0.4, -0.2) is 4.98 Å². The standard InChI is InChI=1S/C17H14ClNOS/c1-12-6-8-13(9-7-12)20-10-17-19-16(11-21-17)14-4-2-3-5-15(14)18/h2-9,11H,10H2,1H3. The second kappa shape index (κ2) is 6.29. The van der Waals surface area contributed by atoms with E-state index in [0.717, 1.165) is 22.0 Å². The molecule has 0 spiro atoms. The average Bonchev–Trinajstić information content (AvgIpc) is 2.96. The van der Waals surface area contributed by atoms with Gasteiger partial charge in [0.1, 0.15) is 17.4 Å². The summed E-state index contributed by atoms with van der Waals surface area (Å²) in [5.74, 6) is 0.857. The van der Waals surface area contributed by atoms with E-state index in [2.05, 4.69) is 11.9 Å². The molecule has 4 heteroatoms. The third-order valence-electron chi connectivity index (χ3n) is 3.08. The summed E-state index contributed by atoms with van der Waals surface area (Å²) in [5.41, 5.74) is 3.07. The smallest absolute Gasteiger partial charge is 0.140 e. The normalized spacial score (nSPS) is 10.6. The minimum Gasteiger partial charge on any atom is -0.486 e. The van der Waals surface area contributed by atoms with Gasteiger partial charge in [-0.05, 0) is 25.1 Å². The number of hydrogen-bond acceptors (Lipinski definition) is 3. The van der Waals surface area contributed by atoms with Crippen molar-refractivity contribution in [1.82, 2.24) is 4.98 Å². The zero-order valence-corrected chi connectivity index (χ0v) is 13.1. The van der Waals surface area contributed by atoms with Gasteiger partial charge >= 0.3 is 0 Å². The van der Waals surface area contributed by atoms with Crippen LogP contribution in [0, 0.1) is 6.92 Å². The maximum Gasteiger partial charge on any atom is 0.140 e. The van der Waals surface area contributed by atoms with Crippen molar-refractivity contribution >= 4 is 22.9 Å². The van der Waals surface area contributed by atoms with Crippen LogP contribution >= 0.6 is 22.9 Å². The Bertz CT molecular complexity index is 737. The highest BCUT2D eigenvalue weighted by atomic mass is 35.5. The van der Waals surface area contributed by atoms with Crippen LogP contribution in [0.1, 0.15) is 10.6 Å². The number of aromatic nitrogens is 1. The third kappa shape index (κ3) is 3.43. The summed E-state index contributed by atoms with van der Waals surface area (Å²) in [7, 11) is 0. The highest BCUT2D eigenvalue weighted by Crippen LogP contribution is 2.28. The Balaban J connectivity index is 1.71. The predicted molar refractivity (Wildman–Crippen MR) is 88.1 cm³/mol. The van der Waals surface area contributed by atoms with Crippen LogP contribution in [-0.2, 0) is 6.61 Å². The van der Waals surface area contributed by atoms with E-state index >= 15 is 0 Å². The summed E-state index contributed by atoms with van der Waals surface area (Å²) >= 11 is 7.77. The highest BCUT2D eigenvalue weighted by molar-refractivity contribution is 7.09. The molecule has 0 saturated carbocycles. The van der Waals surface area contributed by atoms with E-state index in [1.54, 1.807) is 11.3 Å². The van der Waals surface area contributed by atoms with Gasteiger partial charge in [-0.2, -0.15) is 0 Å². The fourth-order valence-corrected chi connectivity index (χ4v) is 2.89. The maximum absolute atomic E-state index is 6.19. The van der Waals surface area contributed by atoms with Crippen LogP contribution in [0.25, 0.3) is 11.3 Å². The van der Waals surface area contributed by atoms with Crippen molar-refractivity contribution in [3.8, 4) is 17.0 Å². The molecule has 0 atom stereocenters. The van der Waals surface area contributed by atoms with E-state index in [4.69, 9.17) is 16.3 Å². The van der Waals surface area contributed by atoms with Crippen molar-refractivity contribution in [3.63, 3.8) is 0 Å². The molecule has 0 N–H and O–H groups in total. The Hall–Kier alpha value is -1.84. The molecule has 3 rings (SSSR count). The quantitative estimate of drug-likeness (QED) is 0.647. The van der Waals surface area contributed by atoms with E-state index in [9.17, 15) is 0 Å². The van der Waals surface area contributed by atoms with Crippen molar-refractivity contribution in [2.24, 2.45) is 0 Å². The predicted octanol–water partition coefficient (Wildman–Crippen LogP) is 5.35. The number of thiazole rings is 1. The summed E-state index contributed by atoms with van der Waals surface area (Å²) in [6.07, 6.45) is 0. The molecule has 3 aromatic rings. The number of benzene rings is 2. The molecule has 0 bridgehead atoms. The first-order chi connectivity index (χ1) is 10.2. The van der Waals surface area contributed by atoms with Gasteiger partial charge in [-0.25, -0.2) is 4.98 Å². The molecule has 2 nitrogen and oxygen atoms in total. The SMILES string of the molecule is Cc1ccc(OCc2nc(-c3ccccc3Cl)cs2)cc1. The monoisotopic (exact) mass is 315 g/mol. The number of hydrogen-bond donors (Lipinski definition) is 0. The van der Waals surface area contributed by atoms with Gasteiger partial charge in [0.15, 0.2) is 0 Å². The Morgan fingerprint density at radius 3 is 2.62 bits per heavy atom. The molecule has 0 radical (unpaired) electrons. The summed E-state index contributed by atoms with van der Waals surface area (Å²) in [4.78, 5) is 4.58. The average molecular weight is 316 g/mol. The van der Waals surface area contributed by atoms with E-state index in [-0.39, 0.29) is 0 Å². The van der Waals surface area contributed by atoms with E-state index < -0.39 is 0 Å². The van der Waals surface area contributed by atoms with Crippen molar-refractivity contribution in [2.75, 3.05) is 0 Å². The molecular weight excluding hydrogens is 302 g/mol. The van der Waals surface area contributed by atoms with E-state index in [1.807, 2.05) is 53.9 Å². The first kappa shape index (κ1) is 14.1. The summed E-state index contributed by atoms with van der Waals surface area (Å²) < 4.78 is 5.74. The number of halogens is 1. The van der Waals surface area contributed by atoms with Crippen LogP contribution in [0.2, 0.25) is 5.02 Å². The fraction of sp³-hybridized carbons (Fsp3) is 0.118. The largest absolute Gasteiger partial charge is 0.486 e. The lowest BCUT2D eigenvalue weighted by molar-refractivity contribution is 0.305. The van der Waals surface area contributed by atoms with Crippen molar-refractivity contribution in [3.05, 3.63) is 69.5 Å². The zero-order valence-electron chi connectivity index (χ0n) is 11.5. The van der Waals surface area contributed by atoms with Gasteiger partial charge in [-0.1, -0.05) is 47.5 Å². The van der Waals surface area contributed by atoms with Crippen molar-refractivity contribution < 1.29 is 4.74 Å².